The van der Waals surface area contributed by atoms with Crippen molar-refractivity contribution < 1.29 is 33.4 Å². The number of nitrogens with one attached hydrogen (secondary N) is 3. The molecule has 2 rings (SSSR count). The van der Waals surface area contributed by atoms with Gasteiger partial charge in [0.05, 0.1) is 13.7 Å². The van der Waals surface area contributed by atoms with Crippen LogP contribution in [0.15, 0.2) is 54.6 Å². The molecule has 0 aromatic heterocycles. The molecule has 3 amide bonds. The third kappa shape index (κ3) is 10.9. The summed E-state index contributed by atoms with van der Waals surface area (Å²) in [4.78, 5) is 48.5. The van der Waals surface area contributed by atoms with Gasteiger partial charge in [-0.2, -0.15) is 0 Å². The van der Waals surface area contributed by atoms with Gasteiger partial charge in [-0.15, -0.1) is 0 Å². The standard InChI is InChI=1S/C26H33N3O7/c1-26(2,3)36-25(33)29-21(14-15-23(31)34-4)24(32)27-16-22(30)28-19-10-12-20(13-11-19)35-17-18-8-6-5-7-9-18/h5-13,21H,14-17H2,1-4H3,(H,27,32)(H,28,30)(H,29,33)/t21-/m0/s1. The fourth-order valence-corrected chi connectivity index (χ4v) is 2.95. The van der Waals surface area contributed by atoms with Crippen LogP contribution in [0.2, 0.25) is 0 Å². The van der Waals surface area contributed by atoms with Crippen LogP contribution in [0.5, 0.6) is 5.75 Å². The molecule has 0 saturated heterocycles. The molecule has 10 nitrogen and oxygen atoms in total. The van der Waals surface area contributed by atoms with Crippen LogP contribution in [0.3, 0.4) is 0 Å². The van der Waals surface area contributed by atoms with Gasteiger partial charge in [-0.3, -0.25) is 14.4 Å². The number of anilines is 1. The number of rotatable bonds is 11. The lowest BCUT2D eigenvalue weighted by Gasteiger charge is -2.23. The summed E-state index contributed by atoms with van der Waals surface area (Å²) in [7, 11) is 1.23. The van der Waals surface area contributed by atoms with E-state index in [-0.39, 0.29) is 19.4 Å². The number of methoxy groups -OCH3 is 1. The molecule has 0 aliphatic rings. The van der Waals surface area contributed by atoms with Crippen LogP contribution in [0, 0.1) is 0 Å². The molecule has 0 bridgehead atoms. The van der Waals surface area contributed by atoms with Gasteiger partial charge in [-0.05, 0) is 57.0 Å². The molecule has 36 heavy (non-hydrogen) atoms. The highest BCUT2D eigenvalue weighted by Gasteiger charge is 2.25. The molecule has 1 atom stereocenters. The van der Waals surface area contributed by atoms with Crippen molar-refractivity contribution in [2.24, 2.45) is 0 Å². The molecule has 194 valence electrons. The van der Waals surface area contributed by atoms with E-state index in [0.717, 1.165) is 5.56 Å². The molecule has 0 spiro atoms. The van der Waals surface area contributed by atoms with Gasteiger partial charge < -0.3 is 30.2 Å². The number of hydrogen-bond donors (Lipinski definition) is 3. The van der Waals surface area contributed by atoms with E-state index >= 15 is 0 Å². The van der Waals surface area contributed by atoms with E-state index in [2.05, 4.69) is 20.7 Å². The highest BCUT2D eigenvalue weighted by molar-refractivity contribution is 5.95. The second-order valence-corrected chi connectivity index (χ2v) is 8.88. The van der Waals surface area contributed by atoms with Gasteiger partial charge in [0.15, 0.2) is 0 Å². The average molecular weight is 500 g/mol. The monoisotopic (exact) mass is 499 g/mol. The average Bonchev–Trinajstić information content (AvgIpc) is 2.84. The van der Waals surface area contributed by atoms with Crippen molar-refractivity contribution in [3.8, 4) is 5.75 Å². The van der Waals surface area contributed by atoms with Gasteiger partial charge in [0.25, 0.3) is 0 Å². The van der Waals surface area contributed by atoms with E-state index in [9.17, 15) is 19.2 Å². The Hall–Kier alpha value is -4.08. The van der Waals surface area contributed by atoms with Gasteiger partial charge in [0.1, 0.15) is 24.0 Å². The summed E-state index contributed by atoms with van der Waals surface area (Å²) in [6.45, 7) is 5.13. The largest absolute Gasteiger partial charge is 0.489 e. The number of carbonyl (C=O) groups is 4. The van der Waals surface area contributed by atoms with Crippen LogP contribution in [-0.4, -0.2) is 49.2 Å². The molecule has 3 N–H and O–H groups in total. The van der Waals surface area contributed by atoms with E-state index in [4.69, 9.17) is 9.47 Å². The zero-order chi connectivity index (χ0) is 26.6. The molecule has 0 heterocycles. The van der Waals surface area contributed by atoms with E-state index in [1.165, 1.54) is 7.11 Å². The summed E-state index contributed by atoms with van der Waals surface area (Å²) >= 11 is 0. The van der Waals surface area contributed by atoms with Crippen molar-refractivity contribution in [3.05, 3.63) is 60.2 Å². The minimum Gasteiger partial charge on any atom is -0.489 e. The van der Waals surface area contributed by atoms with Crippen LogP contribution < -0.4 is 20.7 Å². The lowest BCUT2D eigenvalue weighted by atomic mass is 10.1. The van der Waals surface area contributed by atoms with Gasteiger partial charge >= 0.3 is 12.1 Å². The Kier molecular flexibility index (Phi) is 10.7. The molecule has 2 aromatic carbocycles. The molecular weight excluding hydrogens is 466 g/mol. The molecule has 0 fully saturated rings. The highest BCUT2D eigenvalue weighted by Crippen LogP contribution is 2.17. The maximum absolute atomic E-state index is 12.6. The van der Waals surface area contributed by atoms with Gasteiger partial charge in [-0.1, -0.05) is 30.3 Å². The molecule has 2 aromatic rings. The van der Waals surface area contributed by atoms with Crippen LogP contribution in [0.25, 0.3) is 0 Å². The summed E-state index contributed by atoms with van der Waals surface area (Å²) in [6.07, 6.45) is -0.939. The molecule has 0 radical (unpaired) electrons. The topological polar surface area (TPSA) is 132 Å². The third-order valence-electron chi connectivity index (χ3n) is 4.68. The SMILES string of the molecule is COC(=O)CC[C@H](NC(=O)OC(C)(C)C)C(=O)NCC(=O)Nc1ccc(OCc2ccccc2)cc1. The number of carbonyl (C=O) groups excluding carboxylic acids is 4. The van der Waals surface area contributed by atoms with Crippen LogP contribution in [-0.2, 0) is 30.5 Å². The summed E-state index contributed by atoms with van der Waals surface area (Å²) in [5.74, 6) is -0.991. The molecule has 0 aliphatic carbocycles. The lowest BCUT2D eigenvalue weighted by Crippen LogP contribution is -2.49. The molecule has 0 saturated carbocycles. The minimum absolute atomic E-state index is 0.0240. The fraction of sp³-hybridized carbons (Fsp3) is 0.385. The van der Waals surface area contributed by atoms with Crippen molar-refractivity contribution >= 4 is 29.6 Å². The van der Waals surface area contributed by atoms with Gasteiger partial charge in [-0.25, -0.2) is 4.79 Å². The van der Waals surface area contributed by atoms with Crippen molar-refractivity contribution in [1.82, 2.24) is 10.6 Å². The summed E-state index contributed by atoms with van der Waals surface area (Å²) in [6, 6.07) is 15.5. The predicted octanol–water partition coefficient (Wildman–Crippen LogP) is 3.17. The smallest absolute Gasteiger partial charge is 0.408 e. The Morgan fingerprint density at radius 2 is 1.61 bits per heavy atom. The van der Waals surface area contributed by atoms with Crippen molar-refractivity contribution in [2.75, 3.05) is 19.0 Å². The number of amides is 3. The first-order valence-corrected chi connectivity index (χ1v) is 11.5. The quantitative estimate of drug-likeness (QED) is 0.405. The normalized spacial score (nSPS) is 11.6. The Morgan fingerprint density at radius 3 is 2.22 bits per heavy atom. The highest BCUT2D eigenvalue weighted by atomic mass is 16.6. The maximum atomic E-state index is 12.6. The number of benzene rings is 2. The lowest BCUT2D eigenvalue weighted by molar-refractivity contribution is -0.141. The predicted molar refractivity (Wildman–Crippen MR) is 133 cm³/mol. The first-order chi connectivity index (χ1) is 17.1. The summed E-state index contributed by atoms with van der Waals surface area (Å²) < 4.78 is 15.5. The van der Waals surface area contributed by atoms with E-state index < -0.39 is 35.5 Å². The minimum atomic E-state index is -1.09. The zero-order valence-corrected chi connectivity index (χ0v) is 21.0. The Bertz CT molecular complexity index is 1020. The van der Waals surface area contributed by atoms with Crippen molar-refractivity contribution in [3.63, 3.8) is 0 Å². The van der Waals surface area contributed by atoms with Crippen LogP contribution in [0.1, 0.15) is 39.2 Å². The summed E-state index contributed by atoms with van der Waals surface area (Å²) in [5, 5.41) is 7.57. The second-order valence-electron chi connectivity index (χ2n) is 8.88. The zero-order valence-electron chi connectivity index (χ0n) is 21.0. The number of hydrogen-bond acceptors (Lipinski definition) is 7. The van der Waals surface area contributed by atoms with Crippen molar-refractivity contribution in [1.29, 1.82) is 0 Å². The molecular formula is C26H33N3O7. The molecule has 0 aliphatic heterocycles. The van der Waals surface area contributed by atoms with Crippen LogP contribution >= 0.6 is 0 Å². The van der Waals surface area contributed by atoms with E-state index in [1.54, 1.807) is 45.0 Å². The Morgan fingerprint density at radius 1 is 0.944 bits per heavy atom. The fourth-order valence-electron chi connectivity index (χ4n) is 2.95. The summed E-state index contributed by atoms with van der Waals surface area (Å²) in [5.41, 5.74) is 0.794. The number of alkyl carbamates (subject to hydrolysis) is 1. The maximum Gasteiger partial charge on any atom is 0.408 e. The van der Waals surface area contributed by atoms with E-state index in [1.807, 2.05) is 30.3 Å². The molecule has 10 heteroatoms. The van der Waals surface area contributed by atoms with E-state index in [0.29, 0.717) is 18.0 Å². The first-order valence-electron chi connectivity index (χ1n) is 11.5. The van der Waals surface area contributed by atoms with Gasteiger partial charge in [0, 0.05) is 12.1 Å². The first kappa shape index (κ1) is 28.2. The Balaban J connectivity index is 1.85. The number of ether oxygens (including phenoxy) is 3. The van der Waals surface area contributed by atoms with Crippen molar-refractivity contribution in [2.45, 2.75) is 51.9 Å². The molecule has 0 unspecified atom stereocenters. The number of esters is 1. The third-order valence-corrected chi connectivity index (χ3v) is 4.68. The Labute approximate surface area is 210 Å². The second kappa shape index (κ2) is 13.7. The van der Waals surface area contributed by atoms with Gasteiger partial charge in [0.2, 0.25) is 11.8 Å². The van der Waals surface area contributed by atoms with Crippen LogP contribution in [0.4, 0.5) is 10.5 Å².